The van der Waals surface area contributed by atoms with Crippen LogP contribution in [0.25, 0.3) is 0 Å². The fraction of sp³-hybridized carbons (Fsp3) is 0.267. The van der Waals surface area contributed by atoms with Gasteiger partial charge in [-0.25, -0.2) is 9.13 Å². The van der Waals surface area contributed by atoms with Gasteiger partial charge in [-0.2, -0.15) is 0 Å². The van der Waals surface area contributed by atoms with Crippen LogP contribution in [0.15, 0.2) is 49.1 Å². The quantitative estimate of drug-likeness (QED) is 0.455. The van der Waals surface area contributed by atoms with Crippen molar-refractivity contribution in [2.75, 3.05) is 14.1 Å². The third-order valence-electron chi connectivity index (χ3n) is 2.21. The first kappa shape index (κ1) is 22.9. The van der Waals surface area contributed by atoms with Gasteiger partial charge in [0.2, 0.25) is 12.4 Å². The number of aromatic hydroxyl groups is 2. The first-order valence-electron chi connectivity index (χ1n) is 6.39. The number of aryl methyl sites for hydroxylation is 2. The lowest BCUT2D eigenvalue weighted by atomic mass is 10.5. The average molecular weight is 388 g/mol. The molecule has 0 aliphatic rings. The van der Waals surface area contributed by atoms with E-state index in [0.717, 1.165) is 4.90 Å². The van der Waals surface area contributed by atoms with Crippen LogP contribution in [-0.2, 0) is 14.1 Å². The number of hydrogen-bond donors (Lipinski definition) is 2. The Bertz CT molecular complexity index is 516. The molecule has 0 atom stereocenters. The van der Waals surface area contributed by atoms with Gasteiger partial charge in [0.15, 0.2) is 23.9 Å². The lowest BCUT2D eigenvalue weighted by molar-refractivity contribution is -0.671. The largest absolute Gasteiger partial charge is 1.00 e. The smallest absolute Gasteiger partial charge is 0.210 e. The highest BCUT2D eigenvalue weighted by Gasteiger charge is 1.90. The van der Waals surface area contributed by atoms with Crippen molar-refractivity contribution in [1.82, 2.24) is 4.90 Å². The number of carboxylic acid groups (broad SMARTS) is 1. The van der Waals surface area contributed by atoms with E-state index >= 15 is 0 Å². The second-order valence-electron chi connectivity index (χ2n) is 4.62. The van der Waals surface area contributed by atoms with Gasteiger partial charge in [-0.15, -0.1) is 0 Å². The molecule has 0 spiro atoms. The number of carbonyl (C=O) groups excluding carboxylic acids is 1. The summed E-state index contributed by atoms with van der Waals surface area (Å²) in [5.41, 5.74) is 0. The van der Waals surface area contributed by atoms with Gasteiger partial charge < -0.3 is 42.0 Å². The Morgan fingerprint density at radius 2 is 1.30 bits per heavy atom. The van der Waals surface area contributed by atoms with E-state index in [4.69, 9.17) is 10.2 Å². The number of carbonyl (C=O) groups is 1. The molecule has 8 heteroatoms. The standard InChI is InChI=1S/2C6H7NO.C3H7NO2.BrH/c2*1-7-4-2-3-6(8)5-7;1-4(2)3(5)6;/h2*2-5H,1H3;1-2H3,(H,5,6);1H. The molecule has 0 aliphatic heterocycles. The Balaban J connectivity index is 0. The molecule has 23 heavy (non-hydrogen) atoms. The molecule has 0 bridgehead atoms. The number of aromatic nitrogens is 2. The van der Waals surface area contributed by atoms with Gasteiger partial charge in [-0.1, -0.05) is 0 Å². The number of halogens is 1. The summed E-state index contributed by atoms with van der Waals surface area (Å²) in [5.74, 6) is 0.602. The molecule has 0 fully saturated rings. The van der Waals surface area contributed by atoms with Gasteiger partial charge in [0, 0.05) is 26.2 Å². The number of pyridine rings is 2. The predicted molar refractivity (Wildman–Crippen MR) is 77.6 cm³/mol. The number of amides is 1. The number of hydrogen-bond acceptors (Lipinski definition) is 4. The van der Waals surface area contributed by atoms with Gasteiger partial charge >= 0.3 is 0 Å². The Labute approximate surface area is 146 Å². The summed E-state index contributed by atoms with van der Waals surface area (Å²) in [5, 5.41) is 27.1. The maximum atomic E-state index is 9.51. The van der Waals surface area contributed by atoms with Gasteiger partial charge in [-0.3, -0.25) is 0 Å². The van der Waals surface area contributed by atoms with Crippen LogP contribution < -0.4 is 31.2 Å². The summed E-state index contributed by atoms with van der Waals surface area (Å²) >= 11 is 0. The maximum absolute atomic E-state index is 9.51. The van der Waals surface area contributed by atoms with E-state index in [0.29, 0.717) is 11.5 Å². The molecule has 0 aromatic carbocycles. The van der Waals surface area contributed by atoms with E-state index < -0.39 is 6.09 Å². The average Bonchev–Trinajstić information content (AvgIpc) is 2.39. The molecule has 1 amide bonds. The zero-order valence-electron chi connectivity index (χ0n) is 13.5. The van der Waals surface area contributed by atoms with Crippen molar-refractivity contribution >= 4 is 6.09 Å². The van der Waals surface area contributed by atoms with Crippen LogP contribution in [0.1, 0.15) is 0 Å². The molecule has 2 rings (SSSR count). The van der Waals surface area contributed by atoms with E-state index in [1.54, 1.807) is 45.8 Å². The second-order valence-corrected chi connectivity index (χ2v) is 4.62. The SMILES string of the molecule is CN(C)C(=O)[O-].C[n+]1cccc(O)c1.C[n+]1cccc(O)c1.[Br-]. The molecule has 2 heterocycles. The first-order valence-corrected chi connectivity index (χ1v) is 6.39. The van der Waals surface area contributed by atoms with E-state index in [9.17, 15) is 9.90 Å². The minimum atomic E-state index is -1.16. The monoisotopic (exact) mass is 387 g/mol. The Morgan fingerprint density at radius 1 is 1.00 bits per heavy atom. The van der Waals surface area contributed by atoms with Crippen LogP contribution in [-0.4, -0.2) is 35.3 Å². The molecule has 7 nitrogen and oxygen atoms in total. The summed E-state index contributed by atoms with van der Waals surface area (Å²) in [6.45, 7) is 0. The van der Waals surface area contributed by atoms with Crippen molar-refractivity contribution in [1.29, 1.82) is 0 Å². The van der Waals surface area contributed by atoms with Crippen LogP contribution in [0.5, 0.6) is 11.5 Å². The van der Waals surface area contributed by atoms with Crippen molar-refractivity contribution in [3.8, 4) is 11.5 Å². The highest BCUT2D eigenvalue weighted by atomic mass is 79.9. The topological polar surface area (TPSA) is 91.6 Å². The first-order chi connectivity index (χ1) is 10.2. The molecule has 0 aliphatic carbocycles. The summed E-state index contributed by atoms with van der Waals surface area (Å²) in [7, 11) is 6.55. The molecule has 2 aromatic heterocycles. The third-order valence-corrected chi connectivity index (χ3v) is 2.21. The summed E-state index contributed by atoms with van der Waals surface area (Å²) in [6, 6.07) is 6.85. The van der Waals surface area contributed by atoms with Gasteiger partial charge in [0.25, 0.3) is 0 Å². The van der Waals surface area contributed by atoms with Gasteiger partial charge in [-0.05, 0) is 12.1 Å². The zero-order valence-corrected chi connectivity index (χ0v) is 15.1. The van der Waals surface area contributed by atoms with Crippen LogP contribution >= 0.6 is 0 Å². The Hall–Kier alpha value is -2.35. The lowest BCUT2D eigenvalue weighted by Crippen LogP contribution is -3.00. The lowest BCUT2D eigenvalue weighted by Gasteiger charge is -2.10. The number of rotatable bonds is 0. The minimum absolute atomic E-state index is 0. The molecule has 0 saturated carbocycles. The normalized spacial score (nSPS) is 8.35. The van der Waals surface area contributed by atoms with Gasteiger partial charge in [0.05, 0.1) is 0 Å². The van der Waals surface area contributed by atoms with E-state index in [1.807, 2.05) is 26.5 Å². The molecule has 0 saturated heterocycles. The van der Waals surface area contributed by atoms with Crippen LogP contribution in [0.4, 0.5) is 4.79 Å². The van der Waals surface area contributed by atoms with Crippen molar-refractivity contribution in [3.05, 3.63) is 49.1 Å². The maximum Gasteiger partial charge on any atom is 0.210 e. The predicted octanol–water partition coefficient (Wildman–Crippen LogP) is -3.67. The van der Waals surface area contributed by atoms with E-state index in [2.05, 4.69) is 0 Å². The zero-order chi connectivity index (χ0) is 17.1. The van der Waals surface area contributed by atoms with E-state index in [1.165, 1.54) is 14.1 Å². The molecule has 0 radical (unpaired) electrons. The van der Waals surface area contributed by atoms with Crippen LogP contribution in [0.2, 0.25) is 0 Å². The molecule has 2 aromatic rings. The summed E-state index contributed by atoms with van der Waals surface area (Å²) < 4.78 is 3.57. The third kappa shape index (κ3) is 13.1. The van der Waals surface area contributed by atoms with Gasteiger partial charge in [0.1, 0.15) is 20.2 Å². The highest BCUT2D eigenvalue weighted by Crippen LogP contribution is 1.99. The highest BCUT2D eigenvalue weighted by molar-refractivity contribution is 5.61. The molecule has 2 N–H and O–H groups in total. The van der Waals surface area contributed by atoms with Crippen molar-refractivity contribution in [2.45, 2.75) is 0 Å². The van der Waals surface area contributed by atoms with Crippen molar-refractivity contribution < 1.29 is 46.2 Å². The summed E-state index contributed by atoms with van der Waals surface area (Å²) in [4.78, 5) is 10.5. The fourth-order valence-electron chi connectivity index (χ4n) is 1.14. The molecular formula is C15H22BrN3O4. The van der Waals surface area contributed by atoms with E-state index in [-0.39, 0.29) is 17.0 Å². The molecule has 0 unspecified atom stereocenters. The Kier molecular flexibility index (Phi) is 12.2. The Morgan fingerprint density at radius 3 is 1.43 bits per heavy atom. The molecular weight excluding hydrogens is 366 g/mol. The minimum Gasteiger partial charge on any atom is -1.00 e. The van der Waals surface area contributed by atoms with Crippen molar-refractivity contribution in [3.63, 3.8) is 0 Å². The summed E-state index contributed by atoms with van der Waals surface area (Å²) in [6.07, 6.45) is 5.84. The van der Waals surface area contributed by atoms with Crippen LogP contribution in [0, 0.1) is 0 Å². The van der Waals surface area contributed by atoms with Crippen molar-refractivity contribution in [2.24, 2.45) is 14.1 Å². The molecule has 128 valence electrons. The second kappa shape index (κ2) is 12.2. The van der Waals surface area contributed by atoms with Crippen LogP contribution in [0.3, 0.4) is 0 Å². The fourth-order valence-corrected chi connectivity index (χ4v) is 1.14. The number of nitrogens with zero attached hydrogens (tertiary/aromatic N) is 3.